The van der Waals surface area contributed by atoms with Gasteiger partial charge in [0.05, 0.1) is 6.54 Å². The number of ether oxygens (including phenoxy) is 1. The number of aryl methyl sites for hydroxylation is 1. The van der Waals surface area contributed by atoms with Crippen molar-refractivity contribution >= 4 is 35.1 Å². The maximum atomic E-state index is 11.5. The van der Waals surface area contributed by atoms with Crippen LogP contribution in [0.4, 0.5) is 5.69 Å². The Balaban J connectivity index is 1.76. The van der Waals surface area contributed by atoms with Crippen molar-refractivity contribution in [3.05, 3.63) is 59.2 Å². The number of carbonyl (C=O) groups excluding carboxylic acids is 1. The molecule has 0 atom stereocenters. The van der Waals surface area contributed by atoms with Crippen molar-refractivity contribution < 1.29 is 9.53 Å². The first-order valence-electron chi connectivity index (χ1n) is 10.9. The van der Waals surface area contributed by atoms with Crippen LogP contribution in [0, 0.1) is 6.92 Å². The smallest absolute Gasteiger partial charge is 0.319 e. The highest BCUT2D eigenvalue weighted by Gasteiger charge is 2.25. The van der Waals surface area contributed by atoms with Crippen LogP contribution in [-0.4, -0.2) is 30.1 Å². The number of hydrogen-bond donors (Lipinski definition) is 3. The largest absolute Gasteiger partial charge is 0.464 e. The van der Waals surface area contributed by atoms with Crippen molar-refractivity contribution in [2.24, 2.45) is 5.73 Å². The zero-order valence-corrected chi connectivity index (χ0v) is 21.4. The summed E-state index contributed by atoms with van der Waals surface area (Å²) in [6.45, 7) is 10.5. The number of nitrogens with one attached hydrogen (secondary N) is 2. The predicted octanol–water partition coefficient (Wildman–Crippen LogP) is 5.54. The van der Waals surface area contributed by atoms with Crippen LogP contribution in [0.25, 0.3) is 21.6 Å². The summed E-state index contributed by atoms with van der Waals surface area (Å²) in [6.07, 6.45) is 1.81. The van der Waals surface area contributed by atoms with Crippen molar-refractivity contribution in [3.63, 3.8) is 0 Å². The number of rotatable bonds is 10. The molecule has 0 saturated heterocycles. The Labute approximate surface area is 204 Å². The third-order valence-corrected chi connectivity index (χ3v) is 6.99. The molecule has 8 heteroatoms. The van der Waals surface area contributed by atoms with Gasteiger partial charge in [-0.2, -0.15) is 0 Å². The lowest BCUT2D eigenvalue weighted by Gasteiger charge is -2.24. The minimum atomic E-state index is -0.415. The van der Waals surface area contributed by atoms with E-state index >= 15 is 0 Å². The predicted molar refractivity (Wildman–Crippen MR) is 140 cm³/mol. The molecule has 0 bridgehead atoms. The molecule has 0 spiro atoms. The SMILES string of the molecule is Cc1cc(NSNC(C)C)ccc1-c1cc(-c2ccnc(C(C)(C)COC(=O)CN)c2)cs1. The first-order chi connectivity index (χ1) is 15.7. The van der Waals surface area contributed by atoms with E-state index in [1.54, 1.807) is 11.3 Å². The molecule has 0 aliphatic heterocycles. The Morgan fingerprint density at radius 3 is 2.70 bits per heavy atom. The van der Waals surface area contributed by atoms with E-state index in [0.29, 0.717) is 6.04 Å². The molecule has 2 aromatic heterocycles. The van der Waals surface area contributed by atoms with E-state index in [1.807, 2.05) is 26.1 Å². The average molecular weight is 485 g/mol. The molecular formula is C25H32N4O2S2. The molecule has 0 aliphatic carbocycles. The molecule has 0 unspecified atom stereocenters. The Morgan fingerprint density at radius 1 is 1.21 bits per heavy atom. The van der Waals surface area contributed by atoms with Gasteiger partial charge < -0.3 is 15.2 Å². The molecule has 2 heterocycles. The molecule has 6 nitrogen and oxygen atoms in total. The summed E-state index contributed by atoms with van der Waals surface area (Å²) in [4.78, 5) is 17.2. The number of aromatic nitrogens is 1. The van der Waals surface area contributed by atoms with Crippen molar-refractivity contribution in [3.8, 4) is 21.6 Å². The lowest BCUT2D eigenvalue weighted by molar-refractivity contribution is -0.143. The van der Waals surface area contributed by atoms with Gasteiger partial charge in [0.15, 0.2) is 0 Å². The van der Waals surface area contributed by atoms with Gasteiger partial charge in [0.2, 0.25) is 0 Å². The van der Waals surface area contributed by atoms with E-state index in [1.165, 1.54) is 28.1 Å². The normalized spacial score (nSPS) is 11.6. The zero-order valence-electron chi connectivity index (χ0n) is 19.8. The molecule has 4 N–H and O–H groups in total. The zero-order chi connectivity index (χ0) is 24.0. The number of nitrogens with two attached hydrogens (primary N) is 1. The molecule has 1 aromatic carbocycles. The topological polar surface area (TPSA) is 89.3 Å². The maximum Gasteiger partial charge on any atom is 0.319 e. The fraction of sp³-hybridized carbons (Fsp3) is 0.360. The lowest BCUT2D eigenvalue weighted by Crippen LogP contribution is -2.29. The van der Waals surface area contributed by atoms with Crippen molar-refractivity contribution in [2.75, 3.05) is 17.9 Å². The van der Waals surface area contributed by atoms with Crippen LogP contribution in [0.15, 0.2) is 48.0 Å². The minimum Gasteiger partial charge on any atom is -0.464 e. The molecule has 0 aliphatic rings. The second-order valence-corrected chi connectivity index (χ2v) is 10.4. The van der Waals surface area contributed by atoms with Crippen LogP contribution in [0.2, 0.25) is 0 Å². The van der Waals surface area contributed by atoms with Gasteiger partial charge in [-0.05, 0) is 78.7 Å². The standard InChI is InChI=1S/C25H32N4O2S2/c1-16(2)28-33-29-20-6-7-21(17(3)10-20)22-11-19(14-32-22)18-8-9-27-23(12-18)25(4,5)15-31-24(30)13-26/h6-12,14,16,28-29H,13,15,26H2,1-5H3. The summed E-state index contributed by atoms with van der Waals surface area (Å²) in [7, 11) is 0. The summed E-state index contributed by atoms with van der Waals surface area (Å²) < 4.78 is 11.9. The van der Waals surface area contributed by atoms with Crippen LogP contribution >= 0.6 is 23.5 Å². The van der Waals surface area contributed by atoms with Crippen LogP contribution in [0.5, 0.6) is 0 Å². The average Bonchev–Trinajstić information content (AvgIpc) is 3.27. The Hall–Kier alpha value is -2.39. The van der Waals surface area contributed by atoms with Gasteiger partial charge in [-0.3, -0.25) is 9.78 Å². The van der Waals surface area contributed by atoms with Gasteiger partial charge in [-0.15, -0.1) is 11.3 Å². The third-order valence-electron chi connectivity index (χ3n) is 5.10. The number of benzene rings is 1. The summed E-state index contributed by atoms with van der Waals surface area (Å²) >= 11 is 3.23. The number of pyridine rings is 1. The first-order valence-corrected chi connectivity index (χ1v) is 12.6. The quantitative estimate of drug-likeness (QED) is 0.257. The van der Waals surface area contributed by atoms with E-state index in [0.717, 1.165) is 22.5 Å². The third kappa shape index (κ3) is 6.80. The van der Waals surface area contributed by atoms with E-state index in [4.69, 9.17) is 10.5 Å². The monoisotopic (exact) mass is 484 g/mol. The summed E-state index contributed by atoms with van der Waals surface area (Å²) in [6, 6.07) is 13.1. The van der Waals surface area contributed by atoms with Crippen LogP contribution in [0.3, 0.4) is 0 Å². The minimum absolute atomic E-state index is 0.120. The highest BCUT2D eigenvalue weighted by Crippen LogP contribution is 2.36. The second kappa shape index (κ2) is 11.2. The molecule has 3 rings (SSSR count). The lowest BCUT2D eigenvalue weighted by atomic mass is 9.88. The van der Waals surface area contributed by atoms with Crippen LogP contribution in [0.1, 0.15) is 39.0 Å². The first kappa shape index (κ1) is 25.2. The van der Waals surface area contributed by atoms with Crippen molar-refractivity contribution in [1.82, 2.24) is 9.71 Å². The van der Waals surface area contributed by atoms with Gasteiger partial charge in [-0.25, -0.2) is 4.72 Å². The summed E-state index contributed by atoms with van der Waals surface area (Å²) in [5, 5.41) is 2.17. The number of nitrogens with zero attached hydrogens (tertiary/aromatic N) is 1. The van der Waals surface area contributed by atoms with Crippen molar-refractivity contribution in [2.45, 2.75) is 46.1 Å². The molecule has 176 valence electrons. The molecule has 0 fully saturated rings. The van der Waals surface area contributed by atoms with E-state index in [2.05, 4.69) is 70.9 Å². The maximum absolute atomic E-state index is 11.5. The van der Waals surface area contributed by atoms with Gasteiger partial charge >= 0.3 is 5.97 Å². The summed E-state index contributed by atoms with van der Waals surface area (Å²) in [5.74, 6) is -0.409. The number of hydrogen-bond acceptors (Lipinski definition) is 8. The van der Waals surface area contributed by atoms with Crippen LogP contribution in [-0.2, 0) is 14.9 Å². The van der Waals surface area contributed by atoms with Gasteiger partial charge in [0, 0.05) is 46.0 Å². The Morgan fingerprint density at radius 2 is 2.00 bits per heavy atom. The van der Waals surface area contributed by atoms with Gasteiger partial charge in [-0.1, -0.05) is 19.9 Å². The highest BCUT2D eigenvalue weighted by atomic mass is 32.2. The molecule has 33 heavy (non-hydrogen) atoms. The van der Waals surface area contributed by atoms with E-state index < -0.39 is 11.4 Å². The Kier molecular flexibility index (Phi) is 8.53. The van der Waals surface area contributed by atoms with E-state index in [9.17, 15) is 4.79 Å². The number of esters is 1. The molecule has 0 amide bonds. The van der Waals surface area contributed by atoms with Gasteiger partial charge in [0.25, 0.3) is 0 Å². The fourth-order valence-corrected chi connectivity index (χ4v) is 4.76. The number of thiophene rings is 1. The summed E-state index contributed by atoms with van der Waals surface area (Å²) in [5.41, 5.74) is 11.6. The molecular weight excluding hydrogens is 452 g/mol. The number of carbonyl (C=O) groups is 1. The molecule has 3 aromatic rings. The second-order valence-electron chi connectivity index (χ2n) is 8.88. The van der Waals surface area contributed by atoms with Gasteiger partial charge in [0.1, 0.15) is 6.61 Å². The van der Waals surface area contributed by atoms with Crippen LogP contribution < -0.4 is 15.2 Å². The molecule has 0 saturated carbocycles. The highest BCUT2D eigenvalue weighted by molar-refractivity contribution is 7.98. The molecule has 0 radical (unpaired) electrons. The Bertz CT molecular complexity index is 1100. The number of anilines is 1. The fourth-order valence-electron chi connectivity index (χ4n) is 3.21. The van der Waals surface area contributed by atoms with E-state index in [-0.39, 0.29) is 13.2 Å². The van der Waals surface area contributed by atoms with Crippen molar-refractivity contribution in [1.29, 1.82) is 0 Å².